The van der Waals surface area contributed by atoms with Gasteiger partial charge in [0.1, 0.15) is 0 Å². The Morgan fingerprint density at radius 2 is 2.13 bits per heavy atom. The van der Waals surface area contributed by atoms with Crippen LogP contribution in [-0.2, 0) is 14.3 Å². The van der Waals surface area contributed by atoms with Crippen LogP contribution in [0.2, 0.25) is 10.0 Å². The van der Waals surface area contributed by atoms with Crippen LogP contribution in [0.5, 0.6) is 0 Å². The van der Waals surface area contributed by atoms with Gasteiger partial charge in [0.05, 0.1) is 41.1 Å². The van der Waals surface area contributed by atoms with Crippen molar-refractivity contribution in [1.82, 2.24) is 0 Å². The van der Waals surface area contributed by atoms with Gasteiger partial charge < -0.3 is 9.47 Å². The lowest BCUT2D eigenvalue weighted by Gasteiger charge is -2.08. The molecule has 0 fully saturated rings. The zero-order chi connectivity index (χ0) is 17.4. The zero-order valence-corrected chi connectivity index (χ0v) is 14.0. The molecule has 0 amide bonds. The summed E-state index contributed by atoms with van der Waals surface area (Å²) in [6, 6.07) is 4.65. The van der Waals surface area contributed by atoms with E-state index in [-0.39, 0.29) is 27.9 Å². The van der Waals surface area contributed by atoms with Gasteiger partial charge in [0.2, 0.25) is 0 Å². The number of halogens is 2. The smallest absolute Gasteiger partial charge is 0.340 e. The number of benzene rings is 1. The van der Waals surface area contributed by atoms with Gasteiger partial charge in [-0.3, -0.25) is 9.79 Å². The van der Waals surface area contributed by atoms with E-state index >= 15 is 0 Å². The molecular weight excluding hydrogens is 343 g/mol. The fourth-order valence-electron chi connectivity index (χ4n) is 1.52. The summed E-state index contributed by atoms with van der Waals surface area (Å²) in [5, 5.41) is 9.08. The molecular formula is C15H14Cl2N2O4. The molecule has 6 nitrogen and oxygen atoms in total. The molecule has 1 atom stereocenters. The van der Waals surface area contributed by atoms with E-state index in [4.69, 9.17) is 33.2 Å². The quantitative estimate of drug-likeness (QED) is 0.574. The Hall–Kier alpha value is -2.10. The number of hydrogen-bond acceptors (Lipinski definition) is 6. The van der Waals surface area contributed by atoms with Crippen LogP contribution in [-0.4, -0.2) is 31.9 Å². The molecule has 0 saturated carbocycles. The van der Waals surface area contributed by atoms with Crippen molar-refractivity contribution in [2.24, 2.45) is 10.9 Å². The number of nitriles is 1. The Bertz CT molecular complexity index is 668. The maximum absolute atomic E-state index is 11.7. The van der Waals surface area contributed by atoms with E-state index in [0.717, 1.165) is 6.21 Å². The fraction of sp³-hybridized carbons (Fsp3) is 0.333. The van der Waals surface area contributed by atoms with Crippen LogP contribution in [0.1, 0.15) is 23.7 Å². The number of hydrogen-bond donors (Lipinski definition) is 0. The number of esters is 2. The normalized spacial score (nSPS) is 11.8. The Morgan fingerprint density at radius 1 is 1.43 bits per heavy atom. The third-order valence-corrected chi connectivity index (χ3v) is 3.36. The van der Waals surface area contributed by atoms with Crippen LogP contribution in [0, 0.1) is 17.2 Å². The average molecular weight is 357 g/mol. The van der Waals surface area contributed by atoms with Crippen LogP contribution >= 0.6 is 23.2 Å². The highest BCUT2D eigenvalue weighted by molar-refractivity contribution is 6.40. The van der Waals surface area contributed by atoms with Crippen LogP contribution in [0.3, 0.4) is 0 Å². The number of nitrogens with zero attached hydrogens (tertiary/aromatic N) is 2. The second-order valence-corrected chi connectivity index (χ2v) is 5.08. The molecule has 1 aromatic carbocycles. The van der Waals surface area contributed by atoms with Gasteiger partial charge in [-0.15, -0.1) is 0 Å². The first-order chi connectivity index (χ1) is 11.0. The summed E-state index contributed by atoms with van der Waals surface area (Å²) in [4.78, 5) is 27.3. The molecule has 1 aromatic rings. The topological polar surface area (TPSA) is 88.8 Å². The second kappa shape index (κ2) is 9.13. The van der Waals surface area contributed by atoms with Crippen molar-refractivity contribution in [1.29, 1.82) is 5.26 Å². The Morgan fingerprint density at radius 3 is 2.70 bits per heavy atom. The van der Waals surface area contributed by atoms with Crippen molar-refractivity contribution >= 4 is 47.0 Å². The Labute approximate surface area is 143 Å². The summed E-state index contributed by atoms with van der Waals surface area (Å²) >= 11 is 12.0. The molecule has 1 rings (SSSR count). The lowest BCUT2D eigenvalue weighted by Crippen LogP contribution is -2.17. The third kappa shape index (κ3) is 4.95. The second-order valence-electron chi connectivity index (χ2n) is 4.30. The molecule has 0 N–H and O–H groups in total. The van der Waals surface area contributed by atoms with Gasteiger partial charge in [0.15, 0.2) is 5.92 Å². The van der Waals surface area contributed by atoms with Crippen molar-refractivity contribution in [2.45, 2.75) is 13.3 Å². The predicted octanol–water partition coefficient (Wildman–Crippen LogP) is 3.58. The average Bonchev–Trinajstić information content (AvgIpc) is 2.54. The summed E-state index contributed by atoms with van der Waals surface area (Å²) in [5.41, 5.74) is 0.146. The predicted molar refractivity (Wildman–Crippen MR) is 86.3 cm³/mol. The van der Waals surface area contributed by atoms with Gasteiger partial charge in [0.25, 0.3) is 0 Å². The van der Waals surface area contributed by atoms with Crippen LogP contribution in [0.25, 0.3) is 0 Å². The van der Waals surface area contributed by atoms with E-state index < -0.39 is 17.9 Å². The molecule has 0 aliphatic carbocycles. The molecule has 0 aromatic heterocycles. The van der Waals surface area contributed by atoms with E-state index in [1.165, 1.54) is 19.2 Å². The number of carbonyl (C=O) groups excluding carboxylic acids is 2. The molecule has 8 heteroatoms. The summed E-state index contributed by atoms with van der Waals surface area (Å²) in [6.45, 7) is 2.06. The molecule has 0 bridgehead atoms. The van der Waals surface area contributed by atoms with Crippen molar-refractivity contribution in [2.75, 3.05) is 13.7 Å². The molecule has 23 heavy (non-hydrogen) atoms. The highest BCUT2D eigenvalue weighted by Gasteiger charge is 2.20. The maximum Gasteiger partial charge on any atom is 0.340 e. The van der Waals surface area contributed by atoms with E-state index in [9.17, 15) is 9.59 Å². The number of rotatable bonds is 6. The molecule has 0 radical (unpaired) electrons. The molecule has 0 aliphatic rings. The lowest BCUT2D eigenvalue weighted by molar-refractivity contribution is -0.144. The van der Waals surface area contributed by atoms with E-state index in [1.54, 1.807) is 6.07 Å². The van der Waals surface area contributed by atoms with Gasteiger partial charge in [0, 0.05) is 6.21 Å². The zero-order valence-electron chi connectivity index (χ0n) is 12.5. The van der Waals surface area contributed by atoms with E-state index in [0.29, 0.717) is 6.42 Å². The van der Waals surface area contributed by atoms with Crippen molar-refractivity contribution < 1.29 is 19.1 Å². The number of ether oxygens (including phenoxy) is 2. The molecule has 0 aliphatic heterocycles. The SMILES string of the molecule is CCCOC(=O)C(C#N)C=Nc1ccc(Cl)c(C(=O)OC)c1Cl. The molecule has 1 unspecified atom stereocenters. The first-order valence-electron chi connectivity index (χ1n) is 6.63. The van der Waals surface area contributed by atoms with Crippen LogP contribution in [0.4, 0.5) is 5.69 Å². The lowest BCUT2D eigenvalue weighted by atomic mass is 10.2. The first kappa shape index (κ1) is 18.9. The van der Waals surface area contributed by atoms with E-state index in [2.05, 4.69) is 9.73 Å². The van der Waals surface area contributed by atoms with Gasteiger partial charge in [-0.25, -0.2) is 4.79 Å². The largest absolute Gasteiger partial charge is 0.465 e. The number of methoxy groups -OCH3 is 1. The highest BCUT2D eigenvalue weighted by Crippen LogP contribution is 2.34. The third-order valence-electron chi connectivity index (χ3n) is 2.66. The summed E-state index contributed by atoms with van der Waals surface area (Å²) in [7, 11) is 1.19. The van der Waals surface area contributed by atoms with Crippen molar-refractivity contribution in [3.8, 4) is 6.07 Å². The van der Waals surface area contributed by atoms with Crippen molar-refractivity contribution in [3.63, 3.8) is 0 Å². The molecule has 0 saturated heterocycles. The minimum absolute atomic E-state index is 0.0285. The maximum atomic E-state index is 11.7. The van der Waals surface area contributed by atoms with E-state index in [1.807, 2.05) is 6.92 Å². The summed E-state index contributed by atoms with van der Waals surface area (Å²) in [5.74, 6) is -2.58. The van der Waals surface area contributed by atoms with Gasteiger partial charge >= 0.3 is 11.9 Å². The number of carbonyl (C=O) groups is 2. The van der Waals surface area contributed by atoms with Crippen LogP contribution < -0.4 is 0 Å². The summed E-state index contributed by atoms with van der Waals surface area (Å²) in [6.07, 6.45) is 1.75. The first-order valence-corrected chi connectivity index (χ1v) is 7.38. The van der Waals surface area contributed by atoms with Gasteiger partial charge in [-0.1, -0.05) is 30.1 Å². The van der Waals surface area contributed by atoms with Gasteiger partial charge in [-0.05, 0) is 18.6 Å². The Kier molecular flexibility index (Phi) is 7.52. The fourth-order valence-corrected chi connectivity index (χ4v) is 2.10. The van der Waals surface area contributed by atoms with Gasteiger partial charge in [-0.2, -0.15) is 5.26 Å². The molecule has 0 spiro atoms. The molecule has 0 heterocycles. The monoisotopic (exact) mass is 356 g/mol. The molecule has 122 valence electrons. The standard InChI is InChI=1S/C15H14Cl2N2O4/c1-3-6-23-14(20)9(7-18)8-19-11-5-4-10(16)12(13(11)17)15(21)22-2/h4-5,8-9H,3,6H2,1-2H3. The minimum Gasteiger partial charge on any atom is -0.465 e. The number of aliphatic imine (C=N–C) groups is 1. The Balaban J connectivity index is 3.06. The summed E-state index contributed by atoms with van der Waals surface area (Å²) < 4.78 is 9.48. The van der Waals surface area contributed by atoms with Crippen LogP contribution in [0.15, 0.2) is 17.1 Å². The highest BCUT2D eigenvalue weighted by atomic mass is 35.5. The minimum atomic E-state index is -1.17. The van der Waals surface area contributed by atoms with Crippen molar-refractivity contribution in [3.05, 3.63) is 27.7 Å².